The molecular weight excluding hydrogens is 480 g/mol. The summed E-state index contributed by atoms with van der Waals surface area (Å²) in [5, 5.41) is 26.3. The van der Waals surface area contributed by atoms with Gasteiger partial charge in [0, 0.05) is 24.0 Å². The lowest BCUT2D eigenvalue weighted by molar-refractivity contribution is -0.147. The average molecular weight is 515 g/mol. The van der Waals surface area contributed by atoms with Gasteiger partial charge in [0.1, 0.15) is 23.0 Å². The van der Waals surface area contributed by atoms with Crippen LogP contribution in [0, 0.1) is 0 Å². The van der Waals surface area contributed by atoms with E-state index in [-0.39, 0.29) is 29.6 Å². The van der Waals surface area contributed by atoms with Gasteiger partial charge in [0.2, 0.25) is 0 Å². The van der Waals surface area contributed by atoms with Crippen molar-refractivity contribution in [3.8, 4) is 34.1 Å². The van der Waals surface area contributed by atoms with Crippen molar-refractivity contribution in [3.63, 3.8) is 0 Å². The maximum atomic E-state index is 11.6. The molecule has 0 saturated carbocycles. The van der Waals surface area contributed by atoms with E-state index in [1.54, 1.807) is 6.07 Å². The Kier molecular flexibility index (Phi) is 6.12. The van der Waals surface area contributed by atoms with E-state index in [1.807, 2.05) is 62.4 Å². The van der Waals surface area contributed by atoms with Crippen molar-refractivity contribution >= 4 is 21.5 Å². The Morgan fingerprint density at radius 3 is 1.89 bits per heavy atom. The fourth-order valence-electron chi connectivity index (χ4n) is 5.79. The van der Waals surface area contributed by atoms with Crippen LogP contribution in [0.1, 0.15) is 52.0 Å². The standard InChI is InChI=1S/C32H34O6/c1-18(2)23-15-20-6-9-22-17-25(20)30(31(23)34)29-24-16-21(8-5-19(24)7-10-26(29)33)35-13-11-27-28(12-14-36-22)38-32(3,4)37-27/h5-10,15-18,27-28,33-34H,11-14H2,1-4H3/t27-,28-/m1/s1. The molecule has 0 radical (unpaired) electrons. The summed E-state index contributed by atoms with van der Waals surface area (Å²) in [6, 6.07) is 17.4. The number of hydrogen-bond acceptors (Lipinski definition) is 6. The summed E-state index contributed by atoms with van der Waals surface area (Å²) in [5.41, 5.74) is 2.00. The molecule has 6 heteroatoms. The Balaban J connectivity index is 1.57. The van der Waals surface area contributed by atoms with Crippen LogP contribution in [0.5, 0.6) is 23.0 Å². The minimum Gasteiger partial charge on any atom is -0.507 e. The van der Waals surface area contributed by atoms with Crippen molar-refractivity contribution in [2.75, 3.05) is 13.2 Å². The molecule has 4 bridgehead atoms. The Hall–Kier alpha value is -3.48. The maximum Gasteiger partial charge on any atom is 0.163 e. The molecule has 198 valence electrons. The third-order valence-electron chi connectivity index (χ3n) is 7.59. The molecule has 4 aromatic carbocycles. The maximum absolute atomic E-state index is 11.6. The molecule has 0 spiro atoms. The van der Waals surface area contributed by atoms with Crippen LogP contribution < -0.4 is 9.47 Å². The van der Waals surface area contributed by atoms with Gasteiger partial charge in [-0.05, 0) is 83.3 Å². The van der Waals surface area contributed by atoms with Crippen LogP contribution in [0.25, 0.3) is 32.7 Å². The summed E-state index contributed by atoms with van der Waals surface area (Å²) in [6.45, 7) is 8.89. The topological polar surface area (TPSA) is 77.4 Å². The van der Waals surface area contributed by atoms with Crippen molar-refractivity contribution in [2.45, 2.75) is 64.4 Å². The molecule has 0 aliphatic carbocycles. The molecule has 2 aliphatic heterocycles. The highest BCUT2D eigenvalue weighted by Gasteiger charge is 2.40. The fraction of sp³-hybridized carbons (Fsp3) is 0.375. The predicted octanol–water partition coefficient (Wildman–Crippen LogP) is 7.27. The van der Waals surface area contributed by atoms with E-state index in [2.05, 4.69) is 13.8 Å². The molecular formula is C32H34O6. The zero-order valence-electron chi connectivity index (χ0n) is 22.3. The first-order valence-electron chi connectivity index (χ1n) is 13.4. The van der Waals surface area contributed by atoms with E-state index in [4.69, 9.17) is 18.9 Å². The summed E-state index contributed by atoms with van der Waals surface area (Å²) in [5.74, 6) is 1.09. The number of phenolic OH excluding ortho intramolecular Hbond substituents is 2. The average Bonchev–Trinajstić information content (AvgIpc) is 3.16. The molecule has 1 saturated heterocycles. The first-order chi connectivity index (χ1) is 18.2. The summed E-state index contributed by atoms with van der Waals surface area (Å²) in [6.07, 6.45) is 1.14. The molecule has 2 atom stereocenters. The van der Waals surface area contributed by atoms with Crippen molar-refractivity contribution < 1.29 is 29.2 Å². The molecule has 4 aromatic rings. The van der Waals surface area contributed by atoms with Gasteiger partial charge in [0.05, 0.1) is 25.4 Å². The number of phenols is 2. The van der Waals surface area contributed by atoms with Crippen molar-refractivity contribution in [1.82, 2.24) is 0 Å². The molecule has 0 amide bonds. The number of hydrogen-bond donors (Lipinski definition) is 2. The first kappa shape index (κ1) is 24.8. The molecule has 2 heterocycles. The van der Waals surface area contributed by atoms with Crippen LogP contribution in [0.15, 0.2) is 54.6 Å². The lowest BCUT2D eigenvalue weighted by atomic mass is 9.87. The normalized spacial score (nSPS) is 21.1. The van der Waals surface area contributed by atoms with E-state index >= 15 is 0 Å². The largest absolute Gasteiger partial charge is 0.507 e. The lowest BCUT2D eigenvalue weighted by Gasteiger charge is -2.21. The highest BCUT2D eigenvalue weighted by atomic mass is 16.8. The quantitative estimate of drug-likeness (QED) is 0.278. The minimum absolute atomic E-state index is 0.0915. The molecule has 0 aromatic heterocycles. The number of benzene rings is 4. The number of ether oxygens (including phenoxy) is 4. The third kappa shape index (κ3) is 4.42. The Morgan fingerprint density at radius 1 is 0.737 bits per heavy atom. The summed E-state index contributed by atoms with van der Waals surface area (Å²) in [4.78, 5) is 0. The fourth-order valence-corrected chi connectivity index (χ4v) is 5.79. The van der Waals surface area contributed by atoms with E-state index in [1.165, 1.54) is 0 Å². The van der Waals surface area contributed by atoms with Crippen molar-refractivity contribution in [2.24, 2.45) is 0 Å². The summed E-state index contributed by atoms with van der Waals surface area (Å²) < 4.78 is 24.7. The number of aromatic hydroxyl groups is 2. The predicted molar refractivity (Wildman–Crippen MR) is 148 cm³/mol. The number of rotatable bonds is 1. The van der Waals surface area contributed by atoms with Gasteiger partial charge in [-0.15, -0.1) is 0 Å². The summed E-state index contributed by atoms with van der Waals surface area (Å²) in [7, 11) is 0. The summed E-state index contributed by atoms with van der Waals surface area (Å²) >= 11 is 0. The van der Waals surface area contributed by atoms with Gasteiger partial charge in [-0.2, -0.15) is 0 Å². The van der Waals surface area contributed by atoms with Crippen LogP contribution in [0.2, 0.25) is 0 Å². The monoisotopic (exact) mass is 514 g/mol. The van der Waals surface area contributed by atoms with E-state index in [9.17, 15) is 10.2 Å². The SMILES string of the molecule is CC(C)c1cc2ccc3cc2c(c1O)-c1c(O)ccc2ccc(cc12)OCC[C@H]1OC(C)(C)O[C@@H]1CCO3. The van der Waals surface area contributed by atoms with Crippen LogP contribution in [0.4, 0.5) is 0 Å². The van der Waals surface area contributed by atoms with Crippen LogP contribution in [-0.4, -0.2) is 41.4 Å². The highest BCUT2D eigenvalue weighted by molar-refractivity contribution is 6.10. The van der Waals surface area contributed by atoms with Crippen LogP contribution in [0.3, 0.4) is 0 Å². The molecule has 6 rings (SSSR count). The van der Waals surface area contributed by atoms with Crippen LogP contribution >= 0.6 is 0 Å². The molecule has 2 aliphatic rings. The minimum atomic E-state index is -0.656. The third-order valence-corrected chi connectivity index (χ3v) is 7.59. The molecule has 38 heavy (non-hydrogen) atoms. The van der Waals surface area contributed by atoms with Gasteiger partial charge in [0.25, 0.3) is 0 Å². The molecule has 2 N–H and O–H groups in total. The number of fused-ring (bicyclic) bond motifs is 4. The molecule has 0 unspecified atom stereocenters. The van der Waals surface area contributed by atoms with E-state index in [0.717, 1.165) is 27.1 Å². The van der Waals surface area contributed by atoms with Crippen molar-refractivity contribution in [1.29, 1.82) is 0 Å². The Morgan fingerprint density at radius 2 is 1.29 bits per heavy atom. The lowest BCUT2D eigenvalue weighted by Crippen LogP contribution is -2.26. The second-order valence-corrected chi connectivity index (χ2v) is 11.1. The Labute approximate surface area is 222 Å². The zero-order valence-corrected chi connectivity index (χ0v) is 22.3. The van der Waals surface area contributed by atoms with Gasteiger partial charge >= 0.3 is 0 Å². The van der Waals surface area contributed by atoms with Gasteiger partial charge in [-0.25, -0.2) is 0 Å². The van der Waals surface area contributed by atoms with Gasteiger partial charge in [-0.1, -0.05) is 32.0 Å². The van der Waals surface area contributed by atoms with E-state index < -0.39 is 5.79 Å². The van der Waals surface area contributed by atoms with E-state index in [0.29, 0.717) is 48.7 Å². The van der Waals surface area contributed by atoms with Gasteiger partial charge < -0.3 is 29.2 Å². The van der Waals surface area contributed by atoms with Crippen LogP contribution in [-0.2, 0) is 9.47 Å². The van der Waals surface area contributed by atoms with Crippen molar-refractivity contribution in [3.05, 3.63) is 60.2 Å². The first-order valence-corrected chi connectivity index (χ1v) is 13.4. The highest BCUT2D eigenvalue weighted by Crippen LogP contribution is 2.48. The second-order valence-electron chi connectivity index (χ2n) is 11.1. The molecule has 1 fully saturated rings. The van der Waals surface area contributed by atoms with Gasteiger partial charge in [-0.3, -0.25) is 0 Å². The molecule has 6 nitrogen and oxygen atoms in total. The smallest absolute Gasteiger partial charge is 0.163 e. The Bertz CT molecular complexity index is 1520. The van der Waals surface area contributed by atoms with Gasteiger partial charge in [0.15, 0.2) is 5.79 Å². The zero-order chi connectivity index (χ0) is 26.6. The second kappa shape index (κ2) is 9.37.